The van der Waals surface area contributed by atoms with E-state index < -0.39 is 0 Å². The fourth-order valence-corrected chi connectivity index (χ4v) is 3.76. The first-order valence-electron chi connectivity index (χ1n) is 9.94. The van der Waals surface area contributed by atoms with Crippen molar-refractivity contribution in [1.29, 1.82) is 0 Å². The Bertz CT molecular complexity index is 1260. The zero-order valence-electron chi connectivity index (χ0n) is 17.3. The Balaban J connectivity index is 1.65. The number of fused-ring (bicyclic) bond motifs is 1. The molecule has 0 aliphatic rings. The van der Waals surface area contributed by atoms with Crippen molar-refractivity contribution in [3.8, 4) is 5.69 Å². The van der Waals surface area contributed by atoms with Gasteiger partial charge in [0.1, 0.15) is 12.9 Å². The molecule has 1 atom stereocenters. The van der Waals surface area contributed by atoms with Crippen molar-refractivity contribution in [3.05, 3.63) is 94.2 Å². The molecule has 0 spiro atoms. The second-order valence-corrected chi connectivity index (χ2v) is 7.46. The minimum absolute atomic E-state index is 0.0754. The fraction of sp³-hybridized carbons (Fsp3) is 0.208. The fourth-order valence-electron chi connectivity index (χ4n) is 3.76. The largest absolute Gasteiger partial charge is 0.348 e. The van der Waals surface area contributed by atoms with E-state index in [-0.39, 0.29) is 24.1 Å². The zero-order valence-corrected chi connectivity index (χ0v) is 17.3. The van der Waals surface area contributed by atoms with Gasteiger partial charge in [0.15, 0.2) is 5.65 Å². The lowest BCUT2D eigenvalue weighted by molar-refractivity contribution is -0.122. The van der Waals surface area contributed by atoms with Gasteiger partial charge in [-0.1, -0.05) is 48.5 Å². The number of hydrogen-bond donors (Lipinski definition) is 1. The van der Waals surface area contributed by atoms with Crippen molar-refractivity contribution in [2.75, 3.05) is 0 Å². The average Bonchev–Trinajstić information content (AvgIpc) is 3.02. The third-order valence-corrected chi connectivity index (χ3v) is 5.49. The Hall–Kier alpha value is -3.67. The van der Waals surface area contributed by atoms with Gasteiger partial charge in [0.2, 0.25) is 5.91 Å². The lowest BCUT2D eigenvalue weighted by Crippen LogP contribution is -2.34. The van der Waals surface area contributed by atoms with E-state index in [1.165, 1.54) is 10.9 Å². The van der Waals surface area contributed by atoms with Crippen LogP contribution in [0, 0.1) is 13.8 Å². The van der Waals surface area contributed by atoms with Crippen LogP contribution in [0.2, 0.25) is 0 Å². The van der Waals surface area contributed by atoms with Crippen LogP contribution in [0.3, 0.4) is 0 Å². The number of carbonyl (C=O) groups is 1. The summed E-state index contributed by atoms with van der Waals surface area (Å²) in [6, 6.07) is 19.4. The maximum Gasteiger partial charge on any atom is 0.263 e. The monoisotopic (exact) mass is 400 g/mol. The van der Waals surface area contributed by atoms with Gasteiger partial charge in [0.05, 0.1) is 11.4 Å². The van der Waals surface area contributed by atoms with Gasteiger partial charge in [0, 0.05) is 11.4 Å². The van der Waals surface area contributed by atoms with Gasteiger partial charge >= 0.3 is 0 Å². The second-order valence-electron chi connectivity index (χ2n) is 7.46. The summed E-state index contributed by atoms with van der Waals surface area (Å²) in [4.78, 5) is 30.3. The number of carbonyl (C=O) groups excluding carboxylic acids is 1. The van der Waals surface area contributed by atoms with Crippen LogP contribution in [0.15, 0.2) is 71.8 Å². The van der Waals surface area contributed by atoms with Gasteiger partial charge in [-0.15, -0.1) is 0 Å². The van der Waals surface area contributed by atoms with E-state index >= 15 is 0 Å². The smallest absolute Gasteiger partial charge is 0.263 e. The molecule has 1 N–H and O–H groups in total. The summed E-state index contributed by atoms with van der Waals surface area (Å²) < 4.78 is 3.35. The maximum absolute atomic E-state index is 13.2. The van der Waals surface area contributed by atoms with Crippen LogP contribution in [0.25, 0.3) is 16.7 Å². The van der Waals surface area contributed by atoms with Crippen molar-refractivity contribution < 1.29 is 4.79 Å². The number of aromatic nitrogens is 3. The summed E-state index contributed by atoms with van der Waals surface area (Å²) in [5.74, 6) is -0.230. The molecule has 0 aliphatic heterocycles. The van der Waals surface area contributed by atoms with Crippen LogP contribution in [-0.4, -0.2) is 20.0 Å². The normalized spacial score (nSPS) is 12.1. The van der Waals surface area contributed by atoms with Crippen molar-refractivity contribution in [2.24, 2.45) is 0 Å². The molecule has 2 heterocycles. The first-order valence-corrected chi connectivity index (χ1v) is 9.94. The highest BCUT2D eigenvalue weighted by molar-refractivity contribution is 5.83. The first kappa shape index (κ1) is 19.6. The molecule has 2 aromatic carbocycles. The standard InChI is InChI=1S/C24H24N4O2/c1-16-18(3)28(20-12-8-5-9-13-20)23-22(16)24(30)27(15-25-23)14-21(29)26-17(2)19-10-6-4-7-11-19/h4-13,15,17H,14H2,1-3H3,(H,26,29)/t17-/m0/s1. The summed E-state index contributed by atoms with van der Waals surface area (Å²) in [6.45, 7) is 5.74. The van der Waals surface area contributed by atoms with E-state index in [1.807, 2.05) is 86.0 Å². The quantitative estimate of drug-likeness (QED) is 0.556. The molecule has 0 unspecified atom stereocenters. The maximum atomic E-state index is 13.2. The number of para-hydroxylation sites is 1. The molecular weight excluding hydrogens is 376 g/mol. The average molecular weight is 400 g/mol. The van der Waals surface area contributed by atoms with E-state index in [4.69, 9.17) is 0 Å². The SMILES string of the molecule is Cc1c(C)n(-c2ccccc2)c2ncn(CC(=O)N[C@@H](C)c3ccccc3)c(=O)c12. The Morgan fingerprint density at radius 2 is 1.67 bits per heavy atom. The molecule has 0 aliphatic carbocycles. The van der Waals surface area contributed by atoms with Gasteiger partial charge < -0.3 is 5.32 Å². The summed E-state index contributed by atoms with van der Waals surface area (Å²) in [5.41, 5.74) is 4.19. The highest BCUT2D eigenvalue weighted by atomic mass is 16.2. The van der Waals surface area contributed by atoms with E-state index in [9.17, 15) is 9.59 Å². The number of nitrogens with zero attached hydrogens (tertiary/aromatic N) is 3. The van der Waals surface area contributed by atoms with Crippen LogP contribution in [0.5, 0.6) is 0 Å². The van der Waals surface area contributed by atoms with Crippen LogP contribution < -0.4 is 10.9 Å². The van der Waals surface area contributed by atoms with Gasteiger partial charge in [-0.25, -0.2) is 4.98 Å². The van der Waals surface area contributed by atoms with Crippen molar-refractivity contribution in [3.63, 3.8) is 0 Å². The number of aryl methyl sites for hydroxylation is 1. The van der Waals surface area contributed by atoms with E-state index in [1.54, 1.807) is 0 Å². The number of hydrogen-bond acceptors (Lipinski definition) is 3. The highest BCUT2D eigenvalue weighted by Crippen LogP contribution is 2.24. The molecule has 4 aromatic rings. The minimum Gasteiger partial charge on any atom is -0.348 e. The topological polar surface area (TPSA) is 68.9 Å². The number of amides is 1. The van der Waals surface area contributed by atoms with Crippen molar-refractivity contribution in [2.45, 2.75) is 33.4 Å². The minimum atomic E-state index is -0.230. The predicted octanol–water partition coefficient (Wildman–Crippen LogP) is 3.68. The summed E-state index contributed by atoms with van der Waals surface area (Å²) in [7, 11) is 0. The zero-order chi connectivity index (χ0) is 21.3. The third kappa shape index (κ3) is 3.52. The number of benzene rings is 2. The van der Waals surface area contributed by atoms with Crippen LogP contribution in [0.4, 0.5) is 0 Å². The van der Waals surface area contributed by atoms with Crippen LogP contribution >= 0.6 is 0 Å². The van der Waals surface area contributed by atoms with Crippen molar-refractivity contribution in [1.82, 2.24) is 19.4 Å². The van der Waals surface area contributed by atoms with Crippen molar-refractivity contribution >= 4 is 16.9 Å². The molecule has 0 fully saturated rings. The molecule has 0 radical (unpaired) electrons. The lowest BCUT2D eigenvalue weighted by atomic mass is 10.1. The number of rotatable bonds is 5. The van der Waals surface area contributed by atoms with E-state index in [0.29, 0.717) is 11.0 Å². The molecule has 0 bridgehead atoms. The summed E-state index contributed by atoms with van der Waals surface area (Å²) in [5, 5.41) is 3.49. The third-order valence-electron chi connectivity index (χ3n) is 5.49. The van der Waals surface area contributed by atoms with E-state index in [0.717, 1.165) is 22.5 Å². The molecule has 2 aromatic heterocycles. The van der Waals surface area contributed by atoms with Crippen LogP contribution in [-0.2, 0) is 11.3 Å². The number of nitrogens with one attached hydrogen (secondary N) is 1. The van der Waals surface area contributed by atoms with Gasteiger partial charge in [-0.05, 0) is 44.0 Å². The molecule has 6 nitrogen and oxygen atoms in total. The lowest BCUT2D eigenvalue weighted by Gasteiger charge is -2.15. The Kier molecular flexibility index (Phi) is 5.23. The first-order chi connectivity index (χ1) is 14.5. The Morgan fingerprint density at radius 1 is 1.03 bits per heavy atom. The molecule has 4 rings (SSSR count). The molecule has 6 heteroatoms. The van der Waals surface area contributed by atoms with E-state index in [2.05, 4.69) is 10.3 Å². The Labute approximate surface area is 174 Å². The highest BCUT2D eigenvalue weighted by Gasteiger charge is 2.19. The molecular formula is C24H24N4O2. The predicted molar refractivity (Wildman–Crippen MR) is 118 cm³/mol. The second kappa shape index (κ2) is 7.99. The van der Waals surface area contributed by atoms with Crippen LogP contribution in [0.1, 0.15) is 29.8 Å². The summed E-state index contributed by atoms with van der Waals surface area (Å²) >= 11 is 0. The molecule has 0 saturated carbocycles. The van der Waals surface area contributed by atoms with Gasteiger partial charge in [0.25, 0.3) is 5.56 Å². The molecule has 1 amide bonds. The van der Waals surface area contributed by atoms with Gasteiger partial charge in [-0.2, -0.15) is 0 Å². The Morgan fingerprint density at radius 3 is 2.33 bits per heavy atom. The molecule has 30 heavy (non-hydrogen) atoms. The van der Waals surface area contributed by atoms with Gasteiger partial charge in [-0.3, -0.25) is 18.7 Å². The molecule has 152 valence electrons. The molecule has 0 saturated heterocycles. The summed E-state index contributed by atoms with van der Waals surface area (Å²) in [6.07, 6.45) is 1.45.